The molecule has 178 valence electrons. The number of rotatable bonds is 6. The van der Waals surface area contributed by atoms with Gasteiger partial charge in [0.2, 0.25) is 5.91 Å². The molecule has 0 fully saturated rings. The van der Waals surface area contributed by atoms with Crippen LogP contribution < -0.4 is 10.6 Å². The number of halogens is 3. The maximum absolute atomic E-state index is 12.7. The number of nitrogens with zero attached hydrogens (tertiary/aromatic N) is 4. The summed E-state index contributed by atoms with van der Waals surface area (Å²) in [6.07, 6.45) is -4.32. The SMILES string of the molecule is Cc1cc(-c2nnc(NCC(=O)N(C)C)o2)nc2c(C(C)(C)C)cc(NCC(F)(F)F)cc12. The molecule has 3 aromatic rings. The van der Waals surface area contributed by atoms with Crippen LogP contribution in [0.15, 0.2) is 22.6 Å². The molecule has 8 nitrogen and oxygen atoms in total. The zero-order chi connectivity index (χ0) is 24.6. The first-order valence-electron chi connectivity index (χ1n) is 10.3. The second-order valence-corrected chi connectivity index (χ2v) is 9.02. The Balaban J connectivity index is 2.00. The minimum Gasteiger partial charge on any atom is -0.402 e. The summed E-state index contributed by atoms with van der Waals surface area (Å²) in [6, 6.07) is 5.18. The van der Waals surface area contributed by atoms with Crippen molar-refractivity contribution in [2.75, 3.05) is 37.8 Å². The van der Waals surface area contributed by atoms with E-state index in [-0.39, 0.29) is 29.8 Å². The van der Waals surface area contributed by atoms with E-state index in [0.29, 0.717) is 16.9 Å². The Morgan fingerprint density at radius 3 is 2.39 bits per heavy atom. The lowest BCUT2D eigenvalue weighted by atomic mass is 9.84. The van der Waals surface area contributed by atoms with Gasteiger partial charge >= 0.3 is 12.2 Å². The summed E-state index contributed by atoms with van der Waals surface area (Å²) in [6.45, 7) is 6.63. The van der Waals surface area contributed by atoms with E-state index in [1.165, 1.54) is 4.90 Å². The fourth-order valence-corrected chi connectivity index (χ4v) is 3.18. The molecule has 2 heterocycles. The molecular formula is C22H27F3N6O2. The number of carbonyl (C=O) groups is 1. The van der Waals surface area contributed by atoms with Crippen molar-refractivity contribution < 1.29 is 22.4 Å². The highest BCUT2D eigenvalue weighted by Crippen LogP contribution is 2.35. The van der Waals surface area contributed by atoms with Gasteiger partial charge in [-0.1, -0.05) is 25.9 Å². The van der Waals surface area contributed by atoms with Crippen molar-refractivity contribution in [1.29, 1.82) is 0 Å². The van der Waals surface area contributed by atoms with E-state index >= 15 is 0 Å². The van der Waals surface area contributed by atoms with Crippen molar-refractivity contribution in [3.63, 3.8) is 0 Å². The van der Waals surface area contributed by atoms with E-state index in [2.05, 4.69) is 20.8 Å². The highest BCUT2D eigenvalue weighted by Gasteiger charge is 2.27. The summed E-state index contributed by atoms with van der Waals surface area (Å²) in [4.78, 5) is 17.9. The van der Waals surface area contributed by atoms with Crippen LogP contribution in [-0.2, 0) is 10.2 Å². The van der Waals surface area contributed by atoms with Gasteiger partial charge in [-0.05, 0) is 41.7 Å². The first kappa shape index (κ1) is 24.3. The molecule has 1 aromatic carbocycles. The molecule has 3 rings (SSSR count). The number of aryl methyl sites for hydroxylation is 1. The average molecular weight is 464 g/mol. The Labute approximate surface area is 189 Å². The molecule has 0 aliphatic rings. The Kier molecular flexibility index (Phi) is 6.53. The van der Waals surface area contributed by atoms with Gasteiger partial charge in [0.05, 0.1) is 12.1 Å². The highest BCUT2D eigenvalue weighted by molar-refractivity contribution is 5.91. The third-order valence-electron chi connectivity index (χ3n) is 4.95. The molecule has 0 saturated heterocycles. The van der Waals surface area contributed by atoms with E-state index in [4.69, 9.17) is 9.40 Å². The summed E-state index contributed by atoms with van der Waals surface area (Å²) in [5.74, 6) is 0.0121. The molecule has 0 unspecified atom stereocenters. The molecule has 0 spiro atoms. The number of hydrogen-bond acceptors (Lipinski definition) is 7. The summed E-state index contributed by atoms with van der Waals surface area (Å²) >= 11 is 0. The van der Waals surface area contributed by atoms with E-state index < -0.39 is 12.7 Å². The number of alkyl halides is 3. The van der Waals surface area contributed by atoms with Crippen LogP contribution in [-0.4, -0.2) is 59.3 Å². The van der Waals surface area contributed by atoms with Crippen LogP contribution in [0, 0.1) is 6.92 Å². The van der Waals surface area contributed by atoms with Crippen LogP contribution in [0.4, 0.5) is 24.9 Å². The molecule has 1 amide bonds. The van der Waals surface area contributed by atoms with E-state index in [1.807, 2.05) is 27.7 Å². The smallest absolute Gasteiger partial charge is 0.402 e. The number of fused-ring (bicyclic) bond motifs is 1. The van der Waals surface area contributed by atoms with Crippen LogP contribution in [0.3, 0.4) is 0 Å². The molecule has 0 atom stereocenters. The fraction of sp³-hybridized carbons (Fsp3) is 0.455. The lowest BCUT2D eigenvalue weighted by molar-refractivity contribution is -0.126. The third kappa shape index (κ3) is 5.91. The highest BCUT2D eigenvalue weighted by atomic mass is 19.4. The van der Waals surface area contributed by atoms with Gasteiger partial charge in [-0.25, -0.2) is 4.98 Å². The standard InChI is InChI=1S/C22H27F3N6O2/c1-12-7-16(19-29-30-20(33-19)26-10-17(32)31(5)6)28-18-14(12)8-13(27-11-22(23,24)25)9-15(18)21(2,3)4/h7-9,27H,10-11H2,1-6H3,(H,26,30). The molecule has 2 N–H and O–H groups in total. The average Bonchev–Trinajstić information content (AvgIpc) is 3.17. The Morgan fingerprint density at radius 2 is 1.79 bits per heavy atom. The first-order valence-corrected chi connectivity index (χ1v) is 10.3. The Morgan fingerprint density at radius 1 is 1.09 bits per heavy atom. The predicted octanol–water partition coefficient (Wildman–Crippen LogP) is 4.37. The quantitative estimate of drug-likeness (QED) is 0.559. The summed E-state index contributed by atoms with van der Waals surface area (Å²) in [5.41, 5.74) is 2.64. The predicted molar refractivity (Wildman–Crippen MR) is 120 cm³/mol. The third-order valence-corrected chi connectivity index (χ3v) is 4.95. The molecule has 0 bridgehead atoms. The minimum atomic E-state index is -4.32. The second kappa shape index (κ2) is 8.87. The Hall–Kier alpha value is -3.37. The summed E-state index contributed by atoms with van der Waals surface area (Å²) in [7, 11) is 3.28. The number of aromatic nitrogens is 3. The van der Waals surface area contributed by atoms with Gasteiger partial charge in [0.1, 0.15) is 12.2 Å². The van der Waals surface area contributed by atoms with Crippen molar-refractivity contribution >= 4 is 28.5 Å². The van der Waals surface area contributed by atoms with Gasteiger partial charge in [-0.2, -0.15) is 13.2 Å². The number of amides is 1. The largest absolute Gasteiger partial charge is 0.405 e. The first-order chi connectivity index (χ1) is 15.2. The van der Waals surface area contributed by atoms with Crippen LogP contribution in [0.2, 0.25) is 0 Å². The van der Waals surface area contributed by atoms with Gasteiger partial charge in [-0.15, -0.1) is 5.10 Å². The number of likely N-dealkylation sites (N-methyl/N-ethyl adjacent to an activating group) is 1. The van der Waals surface area contributed by atoms with Crippen molar-refractivity contribution in [1.82, 2.24) is 20.1 Å². The van der Waals surface area contributed by atoms with Crippen LogP contribution in [0.25, 0.3) is 22.5 Å². The zero-order valence-corrected chi connectivity index (χ0v) is 19.4. The fourth-order valence-electron chi connectivity index (χ4n) is 3.18. The number of anilines is 2. The maximum atomic E-state index is 12.7. The lowest BCUT2D eigenvalue weighted by Gasteiger charge is -2.23. The second-order valence-electron chi connectivity index (χ2n) is 9.02. The van der Waals surface area contributed by atoms with Crippen LogP contribution in [0.1, 0.15) is 31.9 Å². The van der Waals surface area contributed by atoms with Gasteiger partial charge in [0.25, 0.3) is 5.89 Å². The minimum absolute atomic E-state index is 0.000679. The van der Waals surface area contributed by atoms with Gasteiger partial charge < -0.3 is 20.0 Å². The van der Waals surface area contributed by atoms with E-state index in [9.17, 15) is 18.0 Å². The maximum Gasteiger partial charge on any atom is 0.405 e. The number of hydrogen-bond donors (Lipinski definition) is 2. The Bertz CT molecular complexity index is 1170. The van der Waals surface area contributed by atoms with Gasteiger partial charge in [0, 0.05) is 25.2 Å². The normalized spacial score (nSPS) is 12.2. The molecule has 0 aliphatic carbocycles. The number of pyridine rings is 1. The molecule has 2 aromatic heterocycles. The van der Waals surface area contributed by atoms with Crippen molar-refractivity contribution in [2.45, 2.75) is 39.3 Å². The van der Waals surface area contributed by atoms with Crippen molar-refractivity contribution in [2.24, 2.45) is 0 Å². The lowest BCUT2D eigenvalue weighted by Crippen LogP contribution is -2.28. The van der Waals surface area contributed by atoms with Crippen LogP contribution in [0.5, 0.6) is 0 Å². The van der Waals surface area contributed by atoms with Crippen molar-refractivity contribution in [3.8, 4) is 11.6 Å². The molecule has 0 saturated carbocycles. The van der Waals surface area contributed by atoms with Gasteiger partial charge in [0.15, 0.2) is 0 Å². The summed E-state index contributed by atoms with van der Waals surface area (Å²) in [5, 5.41) is 13.9. The van der Waals surface area contributed by atoms with Crippen molar-refractivity contribution in [3.05, 3.63) is 29.3 Å². The zero-order valence-electron chi connectivity index (χ0n) is 19.4. The molecule has 11 heteroatoms. The topological polar surface area (TPSA) is 96.2 Å². The molecule has 0 aliphatic heterocycles. The number of carbonyl (C=O) groups excluding carboxylic acids is 1. The molecular weight excluding hydrogens is 437 g/mol. The molecule has 0 radical (unpaired) electrons. The van der Waals surface area contributed by atoms with Gasteiger partial charge in [-0.3, -0.25) is 4.79 Å². The summed E-state index contributed by atoms with van der Waals surface area (Å²) < 4.78 is 43.8. The van der Waals surface area contributed by atoms with E-state index in [1.54, 1.807) is 32.3 Å². The number of nitrogens with one attached hydrogen (secondary N) is 2. The number of benzene rings is 1. The monoisotopic (exact) mass is 464 g/mol. The van der Waals surface area contributed by atoms with Crippen LogP contribution >= 0.6 is 0 Å². The van der Waals surface area contributed by atoms with E-state index in [0.717, 1.165) is 16.5 Å². The molecule has 33 heavy (non-hydrogen) atoms.